The summed E-state index contributed by atoms with van der Waals surface area (Å²) in [5.41, 5.74) is -0.356. The van der Waals surface area contributed by atoms with Crippen molar-refractivity contribution in [2.45, 2.75) is 39.5 Å². The van der Waals surface area contributed by atoms with E-state index in [0.29, 0.717) is 0 Å². The van der Waals surface area contributed by atoms with Crippen LogP contribution in [-0.4, -0.2) is 46.1 Å². The van der Waals surface area contributed by atoms with Crippen LogP contribution in [0.5, 0.6) is 11.5 Å². The molecule has 0 aromatic heterocycles. The summed E-state index contributed by atoms with van der Waals surface area (Å²) in [6.07, 6.45) is 4.56. The number of unbranched alkanes of at least 4 members (excludes halogenated alkanes) is 2. The molecule has 0 spiro atoms. The van der Waals surface area contributed by atoms with Crippen molar-refractivity contribution in [1.29, 1.82) is 0 Å². The Bertz CT molecular complexity index is 625. The van der Waals surface area contributed by atoms with E-state index in [2.05, 4.69) is 27.7 Å². The van der Waals surface area contributed by atoms with Crippen LogP contribution in [-0.2, 0) is 10.2 Å². The normalized spacial score (nSPS) is 8.41. The molecule has 0 fully saturated rings. The molecule has 0 saturated carbocycles. The van der Waals surface area contributed by atoms with Gasteiger partial charge in [-0.1, -0.05) is 77.6 Å². The van der Waals surface area contributed by atoms with E-state index >= 15 is 0 Å². The van der Waals surface area contributed by atoms with Gasteiger partial charge in [0.2, 0.25) is 0 Å². The van der Waals surface area contributed by atoms with Gasteiger partial charge >= 0.3 is 11.9 Å². The Labute approximate surface area is 190 Å². The minimum Gasteiger partial charge on any atom is -0.507 e. The van der Waals surface area contributed by atoms with Gasteiger partial charge in [-0.25, -0.2) is 19.8 Å². The molecule has 0 heterocycles. The maximum Gasteiger partial charge on any atom is 0.390 e. The van der Waals surface area contributed by atoms with Crippen LogP contribution < -0.4 is 0 Å². The number of benzene rings is 2. The van der Waals surface area contributed by atoms with Crippen LogP contribution >= 0.6 is 0 Å². The third kappa shape index (κ3) is 16.4. The van der Waals surface area contributed by atoms with Crippen molar-refractivity contribution < 1.29 is 30.0 Å². The Morgan fingerprint density at radius 1 is 0.724 bits per heavy atom. The Hall–Kier alpha value is -2.22. The summed E-state index contributed by atoms with van der Waals surface area (Å²) in [7, 11) is 0. The van der Waals surface area contributed by atoms with E-state index in [-0.39, 0.29) is 46.5 Å². The summed E-state index contributed by atoms with van der Waals surface area (Å²) in [4.78, 5) is 20.3. The van der Waals surface area contributed by atoms with Gasteiger partial charge in [0.1, 0.15) is 22.6 Å². The van der Waals surface area contributed by atoms with Gasteiger partial charge in [-0.2, -0.15) is 0 Å². The predicted octanol–water partition coefficient (Wildman–Crippen LogP) is 4.79. The summed E-state index contributed by atoms with van der Waals surface area (Å²) in [5, 5.41) is 38.0. The van der Waals surface area contributed by atoms with E-state index in [4.69, 9.17) is 10.2 Å². The molecule has 29 heavy (non-hydrogen) atoms. The van der Waals surface area contributed by atoms with Crippen molar-refractivity contribution in [2.24, 2.45) is 0 Å². The van der Waals surface area contributed by atoms with Crippen LogP contribution in [0.25, 0.3) is 0 Å². The molecule has 0 aliphatic rings. The Balaban J connectivity index is -0.000000336. The third-order valence-corrected chi connectivity index (χ3v) is 2.96. The van der Waals surface area contributed by atoms with Crippen molar-refractivity contribution in [3.05, 3.63) is 73.5 Å². The number of hydrogen-bond donors (Lipinski definition) is 2. The van der Waals surface area contributed by atoms with Gasteiger partial charge < -0.3 is 10.2 Å². The van der Waals surface area contributed by atoms with Crippen molar-refractivity contribution in [3.8, 4) is 11.5 Å². The van der Waals surface area contributed by atoms with Crippen LogP contribution in [0.3, 0.4) is 0 Å². The Kier molecular flexibility index (Phi) is 22.3. The maximum atomic E-state index is 10.2. The van der Waals surface area contributed by atoms with Gasteiger partial charge in [0.15, 0.2) is 0 Å². The van der Waals surface area contributed by atoms with E-state index in [0.717, 1.165) is 12.8 Å². The van der Waals surface area contributed by atoms with Crippen LogP contribution in [0.2, 0.25) is 0 Å². The van der Waals surface area contributed by atoms with Crippen LogP contribution in [0.1, 0.15) is 60.2 Å². The quantitative estimate of drug-likeness (QED) is 0.580. The van der Waals surface area contributed by atoms with E-state index in [9.17, 15) is 19.8 Å². The van der Waals surface area contributed by atoms with E-state index < -0.39 is 11.9 Å². The smallest absolute Gasteiger partial charge is 0.390 e. The molecule has 6 nitrogen and oxygen atoms in total. The summed E-state index contributed by atoms with van der Waals surface area (Å²) in [5.74, 6) is -3.25. The molecule has 0 atom stereocenters. The summed E-state index contributed by atoms with van der Waals surface area (Å²) in [6, 6.07) is 11.3. The minimum atomic E-state index is -1.36. The van der Waals surface area contributed by atoms with Gasteiger partial charge in [-0.05, 0) is 24.3 Å². The van der Waals surface area contributed by atoms with E-state index in [1.807, 2.05) is 0 Å². The molecule has 156 valence electrons. The number of phenolic OH excluding ortho intramolecular Hbond substituents is 2. The number of para-hydroxylation sites is 2. The molecule has 2 N–H and O–H groups in total. The monoisotopic (exact) mass is 508 g/mol. The topological polar surface area (TPSA) is 114 Å². The first kappa shape index (κ1) is 31.5. The van der Waals surface area contributed by atoms with Gasteiger partial charge in [-0.3, -0.25) is 0 Å². The first-order valence-corrected chi connectivity index (χ1v) is 8.83. The van der Waals surface area contributed by atoms with Gasteiger partial charge in [-0.15, -0.1) is 0 Å². The van der Waals surface area contributed by atoms with E-state index in [1.54, 1.807) is 12.1 Å². The molecule has 0 amide bonds. The largest absolute Gasteiger partial charge is 0.507 e. The number of hydrogen-bond acceptors (Lipinski definition) is 4. The second-order valence-corrected chi connectivity index (χ2v) is 5.32. The Morgan fingerprint density at radius 3 is 1.10 bits per heavy atom. The average molecular weight is 507 g/mol. The predicted molar refractivity (Wildman–Crippen MR) is 113 cm³/mol. The van der Waals surface area contributed by atoms with Crippen LogP contribution in [0, 0.1) is 13.8 Å². The molecule has 8 radical (unpaired) electrons. The molecule has 0 saturated heterocycles. The molecule has 2 aromatic rings. The molecule has 2 aromatic carbocycles. The first-order valence-electron chi connectivity index (χ1n) is 8.83. The number of carbonyl (C=O) groups excluding carboxylic acids is 2. The van der Waals surface area contributed by atoms with Crippen molar-refractivity contribution >= 4 is 35.8 Å². The standard InChI is InChI=1S/2C7H5O3.2C4H9.Sn/c2*8-6-4-2-1-3-5(6)7(9)10;2*1-3-4-2;/h2*1-4,8H;2*1,3-4H2,2H3;. The summed E-state index contributed by atoms with van der Waals surface area (Å²) >= 11 is 0. The zero-order valence-corrected chi connectivity index (χ0v) is 19.7. The third-order valence-electron chi connectivity index (χ3n) is 2.96. The minimum absolute atomic E-state index is 0. The molecular formula is C22H28O6Sn. The number of rotatable bonds is 4. The number of carbonyl (C=O) groups is 2. The second-order valence-electron chi connectivity index (χ2n) is 5.32. The first-order chi connectivity index (χ1) is 13.3. The molecule has 0 aliphatic carbocycles. The molecule has 0 aliphatic heterocycles. The van der Waals surface area contributed by atoms with Crippen molar-refractivity contribution in [2.75, 3.05) is 0 Å². The zero-order valence-electron chi connectivity index (χ0n) is 16.9. The number of aromatic hydroxyl groups is 2. The fraction of sp³-hybridized carbons (Fsp3) is 0.273. The fourth-order valence-corrected chi connectivity index (χ4v) is 1.29. The summed E-state index contributed by atoms with van der Waals surface area (Å²) < 4.78 is 0. The van der Waals surface area contributed by atoms with Gasteiger partial charge in [0, 0.05) is 23.9 Å². The van der Waals surface area contributed by atoms with Crippen LogP contribution in [0.15, 0.2) is 48.5 Å². The molecule has 0 unspecified atom stereocenters. The Morgan fingerprint density at radius 2 is 0.966 bits per heavy atom. The SMILES string of the molecule is [CH2]CCC.[CH2]CCC.[O]C(=O)c1ccccc1O.[O]C(=O)c1ccccc1O.[Sn]. The van der Waals surface area contributed by atoms with Crippen LogP contribution in [0.4, 0.5) is 0 Å². The average Bonchev–Trinajstić information content (AvgIpc) is 2.69. The maximum absolute atomic E-state index is 10.2. The van der Waals surface area contributed by atoms with Gasteiger partial charge in [0.25, 0.3) is 0 Å². The molecular weight excluding hydrogens is 479 g/mol. The second kappa shape index (κ2) is 20.5. The molecule has 7 heteroatoms. The molecule has 2 rings (SSSR count). The van der Waals surface area contributed by atoms with E-state index in [1.165, 1.54) is 49.2 Å². The van der Waals surface area contributed by atoms with Crippen molar-refractivity contribution in [1.82, 2.24) is 0 Å². The fourth-order valence-electron chi connectivity index (χ4n) is 1.29. The zero-order chi connectivity index (χ0) is 21.9. The summed E-state index contributed by atoms with van der Waals surface area (Å²) in [6.45, 7) is 11.4. The molecule has 0 bridgehead atoms. The van der Waals surface area contributed by atoms with Gasteiger partial charge in [0.05, 0.1) is 0 Å². The number of phenols is 2. The van der Waals surface area contributed by atoms with Crippen molar-refractivity contribution in [3.63, 3.8) is 0 Å².